The Hall–Kier alpha value is -0.920. The number of hydrogen-bond acceptors (Lipinski definition) is 3. The summed E-state index contributed by atoms with van der Waals surface area (Å²) in [6, 6.07) is 4.94. The van der Waals surface area contributed by atoms with Crippen molar-refractivity contribution in [2.45, 2.75) is 30.7 Å². The summed E-state index contributed by atoms with van der Waals surface area (Å²) in [5.41, 5.74) is 0.673. The van der Waals surface area contributed by atoms with Crippen LogP contribution in [0.25, 0.3) is 0 Å². The highest BCUT2D eigenvalue weighted by molar-refractivity contribution is 9.10. The van der Waals surface area contributed by atoms with E-state index in [0.29, 0.717) is 6.04 Å². The molecule has 0 bridgehead atoms. The standard InChI is InChI=1S/C12H14BrN3/c1-15-11-2-3-12(5-11,8-14)9-4-10(13)7-16-6-9/h4,6-7,11,15H,2-3,5H2,1H3. The van der Waals surface area contributed by atoms with Crippen molar-refractivity contribution in [3.8, 4) is 6.07 Å². The number of nitriles is 1. The van der Waals surface area contributed by atoms with Crippen molar-refractivity contribution in [3.05, 3.63) is 28.5 Å². The SMILES string of the molecule is CNC1CCC(C#N)(c2cncc(Br)c2)C1. The monoisotopic (exact) mass is 279 g/mol. The van der Waals surface area contributed by atoms with Crippen molar-refractivity contribution in [2.24, 2.45) is 0 Å². The molecule has 2 atom stereocenters. The van der Waals surface area contributed by atoms with Crippen LogP contribution in [0.3, 0.4) is 0 Å². The lowest BCUT2D eigenvalue weighted by molar-refractivity contribution is 0.523. The number of rotatable bonds is 2. The number of hydrogen-bond donors (Lipinski definition) is 1. The molecule has 1 aliphatic rings. The van der Waals surface area contributed by atoms with Gasteiger partial charge in [-0.05, 0) is 53.9 Å². The average molecular weight is 280 g/mol. The number of nitrogens with one attached hydrogen (secondary N) is 1. The van der Waals surface area contributed by atoms with E-state index in [0.717, 1.165) is 29.3 Å². The zero-order valence-corrected chi connectivity index (χ0v) is 10.8. The Labute approximate surface area is 104 Å². The maximum Gasteiger partial charge on any atom is 0.0852 e. The highest BCUT2D eigenvalue weighted by atomic mass is 79.9. The van der Waals surface area contributed by atoms with Gasteiger partial charge < -0.3 is 5.32 Å². The molecule has 84 valence electrons. The Morgan fingerprint density at radius 1 is 1.62 bits per heavy atom. The third kappa shape index (κ3) is 1.98. The first-order valence-electron chi connectivity index (χ1n) is 5.40. The fourth-order valence-electron chi connectivity index (χ4n) is 2.39. The zero-order chi connectivity index (χ0) is 11.6. The first kappa shape index (κ1) is 11.6. The van der Waals surface area contributed by atoms with Crippen molar-refractivity contribution < 1.29 is 0 Å². The van der Waals surface area contributed by atoms with Crippen LogP contribution in [0.4, 0.5) is 0 Å². The molecule has 1 aliphatic carbocycles. The van der Waals surface area contributed by atoms with E-state index < -0.39 is 0 Å². The normalized spacial score (nSPS) is 28.9. The van der Waals surface area contributed by atoms with Crippen LogP contribution in [0, 0.1) is 11.3 Å². The van der Waals surface area contributed by atoms with Crippen LogP contribution in [-0.2, 0) is 5.41 Å². The van der Waals surface area contributed by atoms with Crippen molar-refractivity contribution in [2.75, 3.05) is 7.05 Å². The van der Waals surface area contributed by atoms with Crippen molar-refractivity contribution >= 4 is 15.9 Å². The lowest BCUT2D eigenvalue weighted by Crippen LogP contribution is -2.26. The van der Waals surface area contributed by atoms with Crippen LogP contribution in [0.1, 0.15) is 24.8 Å². The molecule has 1 heterocycles. The summed E-state index contributed by atoms with van der Waals surface area (Å²) in [6.07, 6.45) is 6.40. The summed E-state index contributed by atoms with van der Waals surface area (Å²) in [6.45, 7) is 0. The lowest BCUT2D eigenvalue weighted by atomic mass is 9.81. The molecule has 3 nitrogen and oxygen atoms in total. The number of halogens is 1. The Balaban J connectivity index is 2.34. The third-order valence-electron chi connectivity index (χ3n) is 3.39. The maximum absolute atomic E-state index is 9.45. The van der Waals surface area contributed by atoms with E-state index in [-0.39, 0.29) is 5.41 Å². The van der Waals surface area contributed by atoms with Gasteiger partial charge in [-0.2, -0.15) is 5.26 Å². The molecule has 1 aromatic rings. The van der Waals surface area contributed by atoms with Gasteiger partial charge in [-0.3, -0.25) is 4.98 Å². The number of aromatic nitrogens is 1. The third-order valence-corrected chi connectivity index (χ3v) is 3.83. The summed E-state index contributed by atoms with van der Waals surface area (Å²) < 4.78 is 0.938. The summed E-state index contributed by atoms with van der Waals surface area (Å²) >= 11 is 3.41. The van der Waals surface area contributed by atoms with Crippen LogP contribution < -0.4 is 5.32 Å². The molecular weight excluding hydrogens is 266 g/mol. The molecule has 0 saturated heterocycles. The highest BCUT2D eigenvalue weighted by Crippen LogP contribution is 2.40. The zero-order valence-electron chi connectivity index (χ0n) is 9.20. The predicted molar refractivity (Wildman–Crippen MR) is 65.9 cm³/mol. The van der Waals surface area contributed by atoms with Crippen molar-refractivity contribution in [1.29, 1.82) is 5.26 Å². The molecule has 0 aliphatic heterocycles. The Morgan fingerprint density at radius 3 is 3.00 bits per heavy atom. The fraction of sp³-hybridized carbons (Fsp3) is 0.500. The molecule has 16 heavy (non-hydrogen) atoms. The van der Waals surface area contributed by atoms with E-state index in [1.165, 1.54) is 0 Å². The topological polar surface area (TPSA) is 48.7 Å². The first-order valence-corrected chi connectivity index (χ1v) is 6.19. The van der Waals surface area contributed by atoms with E-state index in [4.69, 9.17) is 0 Å². The fourth-order valence-corrected chi connectivity index (χ4v) is 2.76. The van der Waals surface area contributed by atoms with Crippen LogP contribution in [0.15, 0.2) is 22.9 Å². The van der Waals surface area contributed by atoms with Gasteiger partial charge in [0.05, 0.1) is 11.5 Å². The van der Waals surface area contributed by atoms with Gasteiger partial charge in [0.15, 0.2) is 0 Å². The van der Waals surface area contributed by atoms with Gasteiger partial charge in [-0.1, -0.05) is 0 Å². The smallest absolute Gasteiger partial charge is 0.0852 e. The van der Waals surface area contributed by atoms with Gasteiger partial charge in [0.25, 0.3) is 0 Å². The summed E-state index contributed by atoms with van der Waals surface area (Å²) in [7, 11) is 1.96. The molecular formula is C12H14BrN3. The lowest BCUT2D eigenvalue weighted by Gasteiger charge is -2.21. The molecule has 2 rings (SSSR count). The van der Waals surface area contributed by atoms with Crippen LogP contribution in [-0.4, -0.2) is 18.1 Å². The summed E-state index contributed by atoms with van der Waals surface area (Å²) in [4.78, 5) is 4.15. The molecule has 0 radical (unpaired) electrons. The molecule has 0 spiro atoms. The first-order chi connectivity index (χ1) is 7.70. The van der Waals surface area contributed by atoms with Crippen LogP contribution in [0.5, 0.6) is 0 Å². The molecule has 1 saturated carbocycles. The van der Waals surface area contributed by atoms with Crippen molar-refractivity contribution in [3.63, 3.8) is 0 Å². The van der Waals surface area contributed by atoms with Crippen LogP contribution >= 0.6 is 15.9 Å². The molecule has 1 aromatic heterocycles. The second-order valence-electron chi connectivity index (χ2n) is 4.31. The summed E-state index contributed by atoms with van der Waals surface area (Å²) in [5, 5.41) is 12.7. The van der Waals surface area contributed by atoms with E-state index >= 15 is 0 Å². The van der Waals surface area contributed by atoms with E-state index in [1.54, 1.807) is 6.20 Å². The Morgan fingerprint density at radius 2 is 2.44 bits per heavy atom. The largest absolute Gasteiger partial charge is 0.317 e. The summed E-state index contributed by atoms with van der Waals surface area (Å²) in [5.74, 6) is 0. The van der Waals surface area contributed by atoms with E-state index in [2.05, 4.69) is 32.3 Å². The van der Waals surface area contributed by atoms with E-state index in [9.17, 15) is 5.26 Å². The van der Waals surface area contributed by atoms with Gasteiger partial charge in [-0.15, -0.1) is 0 Å². The molecule has 0 aromatic carbocycles. The van der Waals surface area contributed by atoms with Gasteiger partial charge in [0, 0.05) is 22.9 Å². The van der Waals surface area contributed by atoms with Gasteiger partial charge in [0.2, 0.25) is 0 Å². The average Bonchev–Trinajstić information content (AvgIpc) is 2.74. The van der Waals surface area contributed by atoms with Gasteiger partial charge in [-0.25, -0.2) is 0 Å². The number of nitrogens with zero attached hydrogens (tertiary/aromatic N) is 2. The van der Waals surface area contributed by atoms with Crippen molar-refractivity contribution in [1.82, 2.24) is 10.3 Å². The Kier molecular flexibility index (Phi) is 3.27. The predicted octanol–water partition coefficient (Wildman–Crippen LogP) is 2.38. The van der Waals surface area contributed by atoms with Gasteiger partial charge >= 0.3 is 0 Å². The van der Waals surface area contributed by atoms with E-state index in [1.807, 2.05) is 19.3 Å². The molecule has 1 N–H and O–H groups in total. The second kappa shape index (κ2) is 4.52. The second-order valence-corrected chi connectivity index (χ2v) is 5.23. The highest BCUT2D eigenvalue weighted by Gasteiger charge is 2.40. The quantitative estimate of drug-likeness (QED) is 0.904. The molecule has 0 amide bonds. The van der Waals surface area contributed by atoms with Crippen LogP contribution in [0.2, 0.25) is 0 Å². The number of pyridine rings is 1. The molecule has 4 heteroatoms. The Bertz CT molecular complexity index is 427. The molecule has 1 fully saturated rings. The van der Waals surface area contributed by atoms with Gasteiger partial charge in [0.1, 0.15) is 0 Å². The minimum atomic E-state index is -0.357. The minimum absolute atomic E-state index is 0.357. The maximum atomic E-state index is 9.45. The minimum Gasteiger partial charge on any atom is -0.317 e. The molecule has 2 unspecified atom stereocenters.